The Hall–Kier alpha value is -7.51. The second kappa shape index (κ2) is 22.1. The van der Waals surface area contributed by atoms with Gasteiger partial charge in [-0.3, -0.25) is 24.2 Å². The van der Waals surface area contributed by atoms with E-state index in [1.54, 1.807) is 54.3 Å². The van der Waals surface area contributed by atoms with Crippen LogP contribution in [0, 0.1) is 11.8 Å². The van der Waals surface area contributed by atoms with Gasteiger partial charge in [0.05, 0.1) is 68.3 Å². The third-order valence-electron chi connectivity index (χ3n) is 14.4. The number of methoxy groups -OCH3 is 2. The lowest BCUT2D eigenvalue weighted by molar-refractivity contribution is -0.118. The molecule has 0 saturated carbocycles. The van der Waals surface area contributed by atoms with Gasteiger partial charge in [0.15, 0.2) is 28.8 Å². The summed E-state index contributed by atoms with van der Waals surface area (Å²) in [5.41, 5.74) is 17.4. The fraction of sp³-hybridized carbons (Fsp3) is 0.356. The molecule has 5 aliphatic heterocycles. The van der Waals surface area contributed by atoms with Gasteiger partial charge >= 0.3 is 0 Å². The third-order valence-corrected chi connectivity index (χ3v) is 14.4. The molecular formula is C59H64N6O8. The molecular weight excluding hydrogens is 921 g/mol. The Kier molecular flexibility index (Phi) is 15.3. The number of nitrogens with one attached hydrogen (secondary N) is 1. The van der Waals surface area contributed by atoms with Crippen LogP contribution in [0.1, 0.15) is 102 Å². The molecule has 1 unspecified atom stereocenters. The fourth-order valence-corrected chi connectivity index (χ4v) is 9.82. The van der Waals surface area contributed by atoms with Crippen LogP contribution < -0.4 is 30.0 Å². The van der Waals surface area contributed by atoms with Crippen LogP contribution >= 0.6 is 0 Å². The molecule has 3 N–H and O–H groups in total. The van der Waals surface area contributed by atoms with E-state index in [1.807, 2.05) is 68.7 Å². The number of amides is 3. The summed E-state index contributed by atoms with van der Waals surface area (Å²) in [6.45, 7) is 8.29. The summed E-state index contributed by atoms with van der Waals surface area (Å²) in [5, 5.41) is 2.90. The average molecular weight is 985 g/mol. The number of aliphatic imine (C=N–C) groups is 1. The van der Waals surface area contributed by atoms with Crippen LogP contribution in [-0.4, -0.2) is 110 Å². The second-order valence-corrected chi connectivity index (χ2v) is 19.8. The number of nitrogens with zero attached hydrogens (tertiary/aromatic N) is 4. The third kappa shape index (κ3) is 11.1. The normalized spacial score (nSPS) is 19.3. The van der Waals surface area contributed by atoms with Gasteiger partial charge in [0.1, 0.15) is 0 Å². The minimum Gasteiger partial charge on any atom is -0.493 e. The first-order valence-corrected chi connectivity index (χ1v) is 25.2. The maximum Gasteiger partial charge on any atom is 0.260 e. The van der Waals surface area contributed by atoms with Gasteiger partial charge in [-0.25, -0.2) is 0 Å². The zero-order chi connectivity index (χ0) is 51.3. The first-order chi connectivity index (χ1) is 35.3. The summed E-state index contributed by atoms with van der Waals surface area (Å²) >= 11 is 0. The maximum atomic E-state index is 14.2. The van der Waals surface area contributed by atoms with E-state index < -0.39 is 12.0 Å². The molecule has 14 nitrogen and oxygen atoms in total. The smallest absolute Gasteiger partial charge is 0.260 e. The van der Waals surface area contributed by atoms with Gasteiger partial charge < -0.3 is 44.7 Å². The zero-order valence-corrected chi connectivity index (χ0v) is 42.4. The maximum absolute atomic E-state index is 14.2. The minimum atomic E-state index is -0.609. The molecule has 4 atom stereocenters. The monoisotopic (exact) mass is 984 g/mol. The number of anilines is 1. The van der Waals surface area contributed by atoms with E-state index in [9.17, 15) is 19.2 Å². The number of hydrogen-bond donors (Lipinski definition) is 2. The number of hydrogen-bond acceptors (Lipinski definition) is 11. The molecule has 5 heterocycles. The highest BCUT2D eigenvalue weighted by molar-refractivity contribution is 6.06. The summed E-state index contributed by atoms with van der Waals surface area (Å²) in [6, 6.07) is 22.2. The number of carbonyl (C=O) groups excluding carboxylic acids is 4. The molecule has 0 radical (unpaired) electrons. The van der Waals surface area contributed by atoms with Crippen molar-refractivity contribution in [2.45, 2.75) is 76.9 Å². The minimum absolute atomic E-state index is 0.00184. The lowest BCUT2D eigenvalue weighted by Gasteiger charge is -2.29. The Labute approximate surface area is 427 Å². The van der Waals surface area contributed by atoms with Gasteiger partial charge in [-0.1, -0.05) is 63.2 Å². The van der Waals surface area contributed by atoms with E-state index in [-0.39, 0.29) is 48.1 Å². The molecule has 5 aliphatic rings. The van der Waals surface area contributed by atoms with Crippen molar-refractivity contribution in [3.8, 4) is 23.0 Å². The number of piperidine rings is 1. The largest absolute Gasteiger partial charge is 0.493 e. The predicted molar refractivity (Wildman–Crippen MR) is 285 cm³/mol. The van der Waals surface area contributed by atoms with E-state index in [2.05, 4.69) is 47.3 Å². The fourth-order valence-electron chi connectivity index (χ4n) is 9.82. The molecule has 3 amide bonds. The lowest BCUT2D eigenvalue weighted by atomic mass is 9.88. The molecule has 4 aromatic rings. The Morgan fingerprint density at radius 1 is 0.795 bits per heavy atom. The van der Waals surface area contributed by atoms with Crippen molar-refractivity contribution in [1.82, 2.24) is 14.7 Å². The summed E-state index contributed by atoms with van der Waals surface area (Å²) in [7, 11) is 5.28. The van der Waals surface area contributed by atoms with E-state index in [0.717, 1.165) is 35.4 Å². The van der Waals surface area contributed by atoms with Crippen molar-refractivity contribution in [2.75, 3.05) is 52.9 Å². The number of rotatable bonds is 17. The Balaban J connectivity index is 0.791. The molecule has 0 spiro atoms. The van der Waals surface area contributed by atoms with Crippen molar-refractivity contribution in [2.24, 2.45) is 22.6 Å². The summed E-state index contributed by atoms with van der Waals surface area (Å²) in [4.78, 5) is 64.0. The Morgan fingerprint density at radius 3 is 2.03 bits per heavy atom. The SMILES string of the molecule is COc1cc2c(cc1OCCCOc1cc3c(cc1OC)C(=O)N1C=C(c4ccc(NC(=O)C(C)/C=C/C(=O)[C@@H](N)C(C)C)cc4)C[C@H]1C=N3)C=C=C[C@@H]1CC(c3ccc(C4CCN(C)CC4)cc3)=CN1C2=O. The Bertz CT molecular complexity index is 2960. The summed E-state index contributed by atoms with van der Waals surface area (Å²) in [5.74, 6) is 1.05. The van der Waals surface area contributed by atoms with Gasteiger partial charge in [-0.2, -0.15) is 0 Å². The average Bonchev–Trinajstić information content (AvgIpc) is 4.01. The van der Waals surface area contributed by atoms with Crippen LogP contribution in [0.5, 0.6) is 23.0 Å². The first kappa shape index (κ1) is 50.4. The molecule has 4 aromatic carbocycles. The van der Waals surface area contributed by atoms with Crippen molar-refractivity contribution >= 4 is 58.3 Å². The van der Waals surface area contributed by atoms with Crippen LogP contribution in [0.25, 0.3) is 17.2 Å². The number of likely N-dealkylation sites (tertiary alicyclic amines) is 1. The van der Waals surface area contributed by atoms with Crippen molar-refractivity contribution < 1.29 is 38.1 Å². The molecule has 14 heteroatoms. The molecule has 73 heavy (non-hydrogen) atoms. The van der Waals surface area contributed by atoms with Crippen LogP contribution in [-0.2, 0) is 9.59 Å². The van der Waals surface area contributed by atoms with E-state index >= 15 is 0 Å². The van der Waals surface area contributed by atoms with Crippen molar-refractivity contribution in [3.63, 3.8) is 0 Å². The van der Waals surface area contributed by atoms with Gasteiger partial charge in [0, 0.05) is 43.2 Å². The van der Waals surface area contributed by atoms with Gasteiger partial charge in [0.2, 0.25) is 5.91 Å². The van der Waals surface area contributed by atoms with Gasteiger partial charge in [-0.05, 0) is 133 Å². The highest BCUT2D eigenvalue weighted by Crippen LogP contribution is 2.41. The van der Waals surface area contributed by atoms with E-state index in [1.165, 1.54) is 31.6 Å². The van der Waals surface area contributed by atoms with Gasteiger partial charge in [0.25, 0.3) is 11.8 Å². The topological polar surface area (TPSA) is 165 Å². The standard InChI is InChI=1S/C59H64N6O8/c1-36(2)56(60)51(66)20-11-37(3)57(67)62-45-18-16-40(17-19-45)44-28-47-33-61-50-32-55(53(71-6)31-49(50)59(69)65(47)35-44)73-26-8-25-72-54-29-42-9-7-10-46-27-43(34-64(46)58(68)48(42)30-52(54)70-5)39-14-12-38(13-15-39)41-21-23-63(4)24-22-41/h9-20,29-37,41,46-47,56H,8,21-28,60H2,1-6H3,(H,62,67)/b20-11+/t7?,37?,46-,47+,56+/m1/s1. The quantitative estimate of drug-likeness (QED) is 0.0592. The van der Waals surface area contributed by atoms with E-state index in [0.29, 0.717) is 82.9 Å². The highest BCUT2D eigenvalue weighted by Gasteiger charge is 2.35. The molecule has 0 aromatic heterocycles. The molecule has 378 valence electrons. The zero-order valence-electron chi connectivity index (χ0n) is 42.4. The second-order valence-electron chi connectivity index (χ2n) is 19.8. The van der Waals surface area contributed by atoms with E-state index in [4.69, 9.17) is 29.7 Å². The number of fused-ring (bicyclic) bond motifs is 4. The van der Waals surface area contributed by atoms with Crippen molar-refractivity contribution in [1.29, 1.82) is 0 Å². The molecule has 9 rings (SSSR count). The van der Waals surface area contributed by atoms with Crippen LogP contribution in [0.4, 0.5) is 11.4 Å². The van der Waals surface area contributed by atoms with Crippen LogP contribution in [0.2, 0.25) is 0 Å². The molecule has 0 aliphatic carbocycles. The molecule has 1 fully saturated rings. The lowest BCUT2D eigenvalue weighted by Crippen LogP contribution is -2.34. The summed E-state index contributed by atoms with van der Waals surface area (Å²) < 4.78 is 23.9. The number of ether oxygens (including phenoxy) is 4. The number of ketones is 1. The summed E-state index contributed by atoms with van der Waals surface area (Å²) in [6.07, 6.45) is 16.5. The first-order valence-electron chi connectivity index (χ1n) is 25.2. The number of benzene rings is 4. The van der Waals surface area contributed by atoms with Gasteiger partial charge in [-0.15, -0.1) is 5.73 Å². The van der Waals surface area contributed by atoms with Crippen LogP contribution in [0.15, 0.2) is 114 Å². The van der Waals surface area contributed by atoms with Crippen molar-refractivity contribution in [3.05, 3.63) is 143 Å². The van der Waals surface area contributed by atoms with Crippen LogP contribution in [0.3, 0.4) is 0 Å². The Morgan fingerprint density at radius 2 is 1.38 bits per heavy atom. The number of nitrogens with two attached hydrogens (primary N) is 1. The highest BCUT2D eigenvalue weighted by atomic mass is 16.5. The molecule has 0 bridgehead atoms. The molecule has 1 saturated heterocycles. The predicted octanol–water partition coefficient (Wildman–Crippen LogP) is 9.45. The number of carbonyl (C=O) groups is 4.